The Labute approximate surface area is 62.6 Å². The Morgan fingerprint density at radius 3 is 2.22 bits per heavy atom. The zero-order valence-electron chi connectivity index (χ0n) is 5.08. The Kier molecular flexibility index (Phi) is 2.06. The van der Waals surface area contributed by atoms with Crippen LogP contribution in [0.25, 0.3) is 0 Å². The molecule has 1 aliphatic rings. The highest BCUT2D eigenvalue weighted by Crippen LogP contribution is 2.33. The standard InChI is InChI=1S/C7H8BrF/c1-5(8)7(9)6-3-2-4-6/h1-4H2. The molecule has 0 heterocycles. The predicted octanol–water partition coefficient (Wildman–Crippen LogP) is 3.30. The van der Waals surface area contributed by atoms with Gasteiger partial charge in [-0.2, -0.15) is 0 Å². The van der Waals surface area contributed by atoms with Crippen LogP contribution in [-0.2, 0) is 0 Å². The smallest absolute Gasteiger partial charge is 0.135 e. The molecule has 1 aliphatic carbocycles. The van der Waals surface area contributed by atoms with Gasteiger partial charge in [-0.15, -0.1) is 0 Å². The quantitative estimate of drug-likeness (QED) is 0.596. The summed E-state index contributed by atoms with van der Waals surface area (Å²) in [6, 6.07) is 0. The van der Waals surface area contributed by atoms with Gasteiger partial charge in [0.25, 0.3) is 0 Å². The van der Waals surface area contributed by atoms with Gasteiger partial charge in [0, 0.05) is 4.48 Å². The Morgan fingerprint density at radius 2 is 2.11 bits per heavy atom. The van der Waals surface area contributed by atoms with Crippen molar-refractivity contribution in [3.05, 3.63) is 22.5 Å². The molecule has 0 unspecified atom stereocenters. The van der Waals surface area contributed by atoms with Crippen LogP contribution in [0.3, 0.4) is 0 Å². The van der Waals surface area contributed by atoms with Crippen molar-refractivity contribution < 1.29 is 4.39 Å². The number of hydrogen-bond donors (Lipinski definition) is 0. The van der Waals surface area contributed by atoms with E-state index in [1.807, 2.05) is 0 Å². The van der Waals surface area contributed by atoms with E-state index in [2.05, 4.69) is 22.5 Å². The molecule has 9 heavy (non-hydrogen) atoms. The minimum Gasteiger partial charge on any atom is -0.206 e. The first-order chi connectivity index (χ1) is 4.22. The molecule has 1 fully saturated rings. The van der Waals surface area contributed by atoms with Crippen LogP contribution in [0.4, 0.5) is 4.39 Å². The van der Waals surface area contributed by atoms with Crippen LogP contribution < -0.4 is 0 Å². The fraction of sp³-hybridized carbons (Fsp3) is 0.429. The first-order valence-corrected chi connectivity index (χ1v) is 3.73. The molecule has 1 rings (SSSR count). The number of allylic oxidation sites excluding steroid dienone is 3. The van der Waals surface area contributed by atoms with Gasteiger partial charge in [0.05, 0.1) is 0 Å². The second-order valence-electron chi connectivity index (χ2n) is 2.18. The van der Waals surface area contributed by atoms with E-state index in [-0.39, 0.29) is 5.83 Å². The van der Waals surface area contributed by atoms with Crippen LogP contribution in [0.2, 0.25) is 0 Å². The van der Waals surface area contributed by atoms with Crippen LogP contribution in [0, 0.1) is 0 Å². The van der Waals surface area contributed by atoms with Gasteiger partial charge in [0.1, 0.15) is 5.83 Å². The largest absolute Gasteiger partial charge is 0.206 e. The average Bonchev–Trinajstić information content (AvgIpc) is 1.60. The third kappa shape index (κ3) is 1.42. The molecule has 0 saturated heterocycles. The summed E-state index contributed by atoms with van der Waals surface area (Å²) in [5.74, 6) is -0.138. The SMILES string of the molecule is C=C(Br)C(F)=C1CCC1. The molecular formula is C7H8BrF. The topological polar surface area (TPSA) is 0 Å². The van der Waals surface area contributed by atoms with Crippen LogP contribution in [0.5, 0.6) is 0 Å². The monoisotopic (exact) mass is 190 g/mol. The lowest BCUT2D eigenvalue weighted by Crippen LogP contribution is -1.98. The van der Waals surface area contributed by atoms with Gasteiger partial charge in [-0.25, -0.2) is 4.39 Å². The van der Waals surface area contributed by atoms with Crippen molar-refractivity contribution in [2.75, 3.05) is 0 Å². The van der Waals surface area contributed by atoms with E-state index in [1.54, 1.807) is 0 Å². The second-order valence-corrected chi connectivity index (χ2v) is 3.13. The number of halogens is 2. The summed E-state index contributed by atoms with van der Waals surface area (Å²) in [7, 11) is 0. The maximum atomic E-state index is 12.7. The molecule has 0 bridgehead atoms. The molecule has 0 aromatic rings. The number of rotatable bonds is 1. The molecular weight excluding hydrogens is 183 g/mol. The highest BCUT2D eigenvalue weighted by Gasteiger charge is 2.14. The van der Waals surface area contributed by atoms with Gasteiger partial charge in [-0.05, 0) is 40.8 Å². The molecule has 0 nitrogen and oxygen atoms in total. The molecule has 0 aromatic heterocycles. The lowest BCUT2D eigenvalue weighted by molar-refractivity contribution is 0.572. The summed E-state index contributed by atoms with van der Waals surface area (Å²) in [4.78, 5) is 0. The van der Waals surface area contributed by atoms with E-state index < -0.39 is 0 Å². The summed E-state index contributed by atoms with van der Waals surface area (Å²) in [5.41, 5.74) is 0.914. The normalized spacial score (nSPS) is 16.9. The molecule has 50 valence electrons. The summed E-state index contributed by atoms with van der Waals surface area (Å²) in [6.07, 6.45) is 2.95. The van der Waals surface area contributed by atoms with Gasteiger partial charge in [0.2, 0.25) is 0 Å². The van der Waals surface area contributed by atoms with E-state index >= 15 is 0 Å². The van der Waals surface area contributed by atoms with E-state index in [0.29, 0.717) is 4.48 Å². The molecule has 0 radical (unpaired) electrons. The summed E-state index contributed by atoms with van der Waals surface area (Å²) in [6.45, 7) is 3.44. The Bertz CT molecular complexity index is 164. The molecule has 0 aliphatic heterocycles. The first-order valence-electron chi connectivity index (χ1n) is 2.94. The van der Waals surface area contributed by atoms with Crippen LogP contribution in [0.1, 0.15) is 19.3 Å². The zero-order chi connectivity index (χ0) is 6.85. The van der Waals surface area contributed by atoms with Crippen molar-refractivity contribution in [3.8, 4) is 0 Å². The molecule has 1 saturated carbocycles. The second kappa shape index (κ2) is 2.65. The van der Waals surface area contributed by atoms with Crippen molar-refractivity contribution in [1.82, 2.24) is 0 Å². The van der Waals surface area contributed by atoms with Gasteiger partial charge in [-0.1, -0.05) is 6.58 Å². The minimum absolute atomic E-state index is 0.138. The summed E-state index contributed by atoms with van der Waals surface area (Å²) < 4.78 is 13.1. The lowest BCUT2D eigenvalue weighted by atomic mass is 9.92. The molecule has 0 spiro atoms. The average molecular weight is 191 g/mol. The van der Waals surface area contributed by atoms with E-state index in [0.717, 1.165) is 24.8 Å². The van der Waals surface area contributed by atoms with Gasteiger partial charge < -0.3 is 0 Å². The highest BCUT2D eigenvalue weighted by molar-refractivity contribution is 9.11. The third-order valence-electron chi connectivity index (χ3n) is 1.51. The Balaban J connectivity index is 2.67. The van der Waals surface area contributed by atoms with Crippen molar-refractivity contribution >= 4 is 15.9 Å². The first kappa shape index (κ1) is 7.00. The molecule has 0 atom stereocenters. The Hall–Kier alpha value is -0.110. The van der Waals surface area contributed by atoms with Crippen LogP contribution >= 0.6 is 15.9 Å². The fourth-order valence-electron chi connectivity index (χ4n) is 0.765. The van der Waals surface area contributed by atoms with Crippen LogP contribution in [-0.4, -0.2) is 0 Å². The predicted molar refractivity (Wildman–Crippen MR) is 40.1 cm³/mol. The fourth-order valence-corrected chi connectivity index (χ4v) is 1.05. The van der Waals surface area contributed by atoms with Crippen molar-refractivity contribution in [3.63, 3.8) is 0 Å². The van der Waals surface area contributed by atoms with Crippen molar-refractivity contribution in [2.24, 2.45) is 0 Å². The minimum atomic E-state index is -0.138. The molecule has 0 amide bonds. The van der Waals surface area contributed by atoms with E-state index in [1.165, 1.54) is 0 Å². The van der Waals surface area contributed by atoms with Crippen molar-refractivity contribution in [2.45, 2.75) is 19.3 Å². The molecule has 0 aromatic carbocycles. The van der Waals surface area contributed by atoms with Gasteiger partial charge in [0.15, 0.2) is 0 Å². The lowest BCUT2D eigenvalue weighted by Gasteiger charge is -2.16. The number of hydrogen-bond acceptors (Lipinski definition) is 0. The molecule has 2 heteroatoms. The zero-order valence-corrected chi connectivity index (χ0v) is 6.67. The maximum absolute atomic E-state index is 12.7. The van der Waals surface area contributed by atoms with E-state index in [9.17, 15) is 4.39 Å². The van der Waals surface area contributed by atoms with Crippen molar-refractivity contribution in [1.29, 1.82) is 0 Å². The van der Waals surface area contributed by atoms with Gasteiger partial charge >= 0.3 is 0 Å². The maximum Gasteiger partial charge on any atom is 0.135 e. The van der Waals surface area contributed by atoms with E-state index in [4.69, 9.17) is 0 Å². The third-order valence-corrected chi connectivity index (χ3v) is 1.85. The highest BCUT2D eigenvalue weighted by atomic mass is 79.9. The van der Waals surface area contributed by atoms with Crippen LogP contribution in [0.15, 0.2) is 22.5 Å². The summed E-state index contributed by atoms with van der Waals surface area (Å²) in [5, 5.41) is 0. The summed E-state index contributed by atoms with van der Waals surface area (Å²) >= 11 is 2.99. The Morgan fingerprint density at radius 1 is 1.56 bits per heavy atom. The van der Waals surface area contributed by atoms with Gasteiger partial charge in [-0.3, -0.25) is 0 Å². The molecule has 0 N–H and O–H groups in total.